The van der Waals surface area contributed by atoms with Crippen LogP contribution in [-0.4, -0.2) is 121 Å². The first-order chi connectivity index (χ1) is 22.9. The van der Waals surface area contributed by atoms with E-state index in [1.165, 1.54) is 40.7 Å². The van der Waals surface area contributed by atoms with Crippen molar-refractivity contribution in [2.24, 2.45) is 5.92 Å². The van der Waals surface area contributed by atoms with Crippen LogP contribution in [0.15, 0.2) is 65.6 Å². The van der Waals surface area contributed by atoms with Crippen LogP contribution in [0.3, 0.4) is 0 Å². The Bertz CT molecular complexity index is 1560. The second-order valence-electron chi connectivity index (χ2n) is 13.7. The van der Waals surface area contributed by atoms with Gasteiger partial charge in [0.25, 0.3) is 10.2 Å². The fourth-order valence-corrected chi connectivity index (χ4v) is 10.4. The van der Waals surface area contributed by atoms with E-state index in [-0.39, 0.29) is 18.0 Å². The van der Waals surface area contributed by atoms with E-state index in [1.54, 1.807) is 16.4 Å². The summed E-state index contributed by atoms with van der Waals surface area (Å²) in [7, 11) is -3.81. The molecule has 48 heavy (non-hydrogen) atoms. The molecule has 3 fully saturated rings. The molecule has 2 saturated heterocycles. The monoisotopic (exact) mass is 720 g/mol. The quantitative estimate of drug-likeness (QED) is 0.355. The summed E-state index contributed by atoms with van der Waals surface area (Å²) in [5, 5.41) is 0.668. The largest absolute Gasteiger partial charge is 0.378 e. The standard InChI is InChI=1S/C35H53ClN6O4S2/c1-30-27-41(47(43,44)35-17-15-33(16-18-35)37(2)3)21-7-19-38(29-31-9-5-4-6-10-31)20-8-22-42(28-30)48(45,46)40-25-23-39(24-26-40)34-13-11-32(36)12-14-34/h11-18,31H,1,4-10,19-29H2,2-3H3. The van der Waals surface area contributed by atoms with Crippen LogP contribution in [0.4, 0.5) is 11.4 Å². The summed E-state index contributed by atoms with van der Waals surface area (Å²) >= 11 is 6.08. The molecule has 10 nitrogen and oxygen atoms in total. The topological polar surface area (TPSA) is 87.7 Å². The molecule has 1 saturated carbocycles. The molecule has 0 radical (unpaired) electrons. The Kier molecular flexibility index (Phi) is 12.9. The van der Waals surface area contributed by atoms with Gasteiger partial charge in [0.05, 0.1) is 4.90 Å². The molecule has 2 heterocycles. The van der Waals surface area contributed by atoms with Crippen LogP contribution in [0.1, 0.15) is 44.9 Å². The number of benzene rings is 2. The van der Waals surface area contributed by atoms with E-state index < -0.39 is 20.2 Å². The van der Waals surface area contributed by atoms with Gasteiger partial charge in [-0.15, -0.1) is 0 Å². The van der Waals surface area contributed by atoms with E-state index in [2.05, 4.69) is 16.4 Å². The van der Waals surface area contributed by atoms with Crippen molar-refractivity contribution in [1.29, 1.82) is 0 Å². The summed E-state index contributed by atoms with van der Waals surface area (Å²) in [6, 6.07) is 14.5. The van der Waals surface area contributed by atoms with Crippen molar-refractivity contribution in [2.45, 2.75) is 49.8 Å². The SMILES string of the molecule is C=C1CN(S(=O)(=O)c2ccc(N(C)C)cc2)CCCN(CC2CCCCC2)CCCN(S(=O)(=O)N2CCN(c3ccc(Cl)cc3)CC2)C1. The van der Waals surface area contributed by atoms with Gasteiger partial charge in [0.15, 0.2) is 0 Å². The number of piperazine rings is 1. The Hall–Kier alpha value is -2.19. The summed E-state index contributed by atoms with van der Waals surface area (Å²) in [5.41, 5.74) is 2.50. The molecule has 13 heteroatoms. The van der Waals surface area contributed by atoms with Crippen LogP contribution in [0.5, 0.6) is 0 Å². The summed E-state index contributed by atoms with van der Waals surface area (Å²) in [4.78, 5) is 6.78. The van der Waals surface area contributed by atoms with E-state index in [1.807, 2.05) is 55.4 Å². The zero-order valence-electron chi connectivity index (χ0n) is 28.6. The predicted octanol–water partition coefficient (Wildman–Crippen LogP) is 5.00. The molecule has 2 aromatic carbocycles. The first-order valence-electron chi connectivity index (χ1n) is 17.4. The number of sulfonamides is 1. The maximum atomic E-state index is 14.2. The first kappa shape index (κ1) is 37.1. The normalized spacial score (nSPS) is 21.5. The van der Waals surface area contributed by atoms with Gasteiger partial charge < -0.3 is 14.7 Å². The number of rotatable bonds is 8. The Morgan fingerprint density at radius 1 is 0.708 bits per heavy atom. The first-order valence-corrected chi connectivity index (χ1v) is 20.6. The minimum absolute atomic E-state index is 0.0662. The van der Waals surface area contributed by atoms with Gasteiger partial charge in [-0.3, -0.25) is 0 Å². The maximum absolute atomic E-state index is 14.2. The third-order valence-electron chi connectivity index (χ3n) is 9.88. The minimum Gasteiger partial charge on any atom is -0.378 e. The molecule has 0 unspecified atom stereocenters. The Labute approximate surface area is 294 Å². The van der Waals surface area contributed by atoms with Gasteiger partial charge in [-0.25, -0.2) is 8.42 Å². The van der Waals surface area contributed by atoms with E-state index in [0.717, 1.165) is 31.0 Å². The lowest BCUT2D eigenvalue weighted by Gasteiger charge is -2.38. The van der Waals surface area contributed by atoms with Crippen LogP contribution in [-0.2, 0) is 20.2 Å². The lowest BCUT2D eigenvalue weighted by atomic mass is 9.89. The van der Waals surface area contributed by atoms with Crippen molar-refractivity contribution in [3.8, 4) is 0 Å². The second-order valence-corrected chi connectivity index (χ2v) is 18.0. The summed E-state index contributed by atoms with van der Waals surface area (Å²) in [6.45, 7) is 9.48. The molecule has 0 aromatic heterocycles. The number of nitrogens with zero attached hydrogens (tertiary/aromatic N) is 6. The zero-order chi connectivity index (χ0) is 34.3. The van der Waals surface area contributed by atoms with Crippen LogP contribution >= 0.6 is 11.6 Å². The molecule has 0 spiro atoms. The van der Waals surface area contributed by atoms with Crippen molar-refractivity contribution in [2.75, 3.05) is 95.9 Å². The van der Waals surface area contributed by atoms with E-state index in [9.17, 15) is 16.8 Å². The Balaban J connectivity index is 1.34. The zero-order valence-corrected chi connectivity index (χ0v) is 31.0. The van der Waals surface area contributed by atoms with Crippen molar-refractivity contribution in [3.63, 3.8) is 0 Å². The lowest BCUT2D eigenvalue weighted by Crippen LogP contribution is -2.54. The van der Waals surface area contributed by atoms with Gasteiger partial charge in [0.1, 0.15) is 0 Å². The maximum Gasteiger partial charge on any atom is 0.282 e. The summed E-state index contributed by atoms with van der Waals surface area (Å²) in [6.07, 6.45) is 7.68. The highest BCUT2D eigenvalue weighted by Gasteiger charge is 2.34. The third-order valence-corrected chi connectivity index (χ3v) is 14.0. The molecule has 0 atom stereocenters. The molecule has 0 bridgehead atoms. The number of anilines is 2. The van der Waals surface area contributed by atoms with Crippen molar-refractivity contribution >= 4 is 43.2 Å². The second kappa shape index (κ2) is 16.7. The molecule has 0 amide bonds. The Morgan fingerprint density at radius 3 is 1.90 bits per heavy atom. The minimum atomic E-state index is -3.84. The molecular weight excluding hydrogens is 668 g/mol. The molecule has 3 aliphatic rings. The molecule has 5 rings (SSSR count). The van der Waals surface area contributed by atoms with Gasteiger partial charge in [0, 0.05) is 89.4 Å². The van der Waals surface area contributed by atoms with Gasteiger partial charge in [-0.2, -0.15) is 21.3 Å². The van der Waals surface area contributed by atoms with Gasteiger partial charge in [0.2, 0.25) is 10.0 Å². The van der Waals surface area contributed by atoms with Crippen LogP contribution in [0.25, 0.3) is 0 Å². The smallest absolute Gasteiger partial charge is 0.282 e. The number of halogens is 1. The van der Waals surface area contributed by atoms with E-state index >= 15 is 0 Å². The average Bonchev–Trinajstić information content (AvgIpc) is 3.07. The van der Waals surface area contributed by atoms with Crippen LogP contribution in [0.2, 0.25) is 5.02 Å². The highest BCUT2D eigenvalue weighted by Crippen LogP contribution is 2.27. The Morgan fingerprint density at radius 2 is 1.29 bits per heavy atom. The average molecular weight is 721 g/mol. The van der Waals surface area contributed by atoms with Gasteiger partial charge in [-0.05, 0) is 98.8 Å². The third kappa shape index (κ3) is 9.53. The predicted molar refractivity (Wildman–Crippen MR) is 197 cm³/mol. The van der Waals surface area contributed by atoms with Gasteiger partial charge in [-0.1, -0.05) is 37.4 Å². The van der Waals surface area contributed by atoms with Gasteiger partial charge >= 0.3 is 0 Å². The highest BCUT2D eigenvalue weighted by molar-refractivity contribution is 7.89. The van der Waals surface area contributed by atoms with Crippen LogP contribution < -0.4 is 9.80 Å². The fourth-order valence-electron chi connectivity index (χ4n) is 7.14. The molecular formula is C35H53ClN6O4S2. The summed E-state index contributed by atoms with van der Waals surface area (Å²) in [5.74, 6) is 0.637. The summed E-state index contributed by atoms with van der Waals surface area (Å²) < 4.78 is 61.1. The van der Waals surface area contributed by atoms with E-state index in [4.69, 9.17) is 11.6 Å². The van der Waals surface area contributed by atoms with Crippen molar-refractivity contribution in [3.05, 3.63) is 65.7 Å². The van der Waals surface area contributed by atoms with Crippen molar-refractivity contribution in [1.82, 2.24) is 17.8 Å². The number of hydrogen-bond donors (Lipinski definition) is 0. The number of hydrogen-bond acceptors (Lipinski definition) is 7. The fraction of sp³-hybridized carbons (Fsp3) is 0.600. The van der Waals surface area contributed by atoms with Crippen LogP contribution in [0, 0.1) is 5.92 Å². The molecule has 0 N–H and O–H groups in total. The highest BCUT2D eigenvalue weighted by atomic mass is 35.5. The molecule has 2 aliphatic heterocycles. The molecule has 1 aliphatic carbocycles. The molecule has 2 aromatic rings. The van der Waals surface area contributed by atoms with E-state index in [0.29, 0.717) is 68.6 Å². The lowest BCUT2D eigenvalue weighted by molar-refractivity contribution is 0.187. The molecule has 266 valence electrons. The van der Waals surface area contributed by atoms with Crippen molar-refractivity contribution < 1.29 is 16.8 Å².